The number of allylic oxidation sites excluding steroid dienone is 1. The van der Waals surface area contributed by atoms with Crippen LogP contribution in [0.3, 0.4) is 0 Å². The van der Waals surface area contributed by atoms with E-state index in [2.05, 4.69) is 11.6 Å². The van der Waals surface area contributed by atoms with Crippen molar-refractivity contribution in [2.24, 2.45) is 0 Å². The minimum Gasteiger partial charge on any atom is -0.244 e. The van der Waals surface area contributed by atoms with E-state index in [1.165, 1.54) is 0 Å². The summed E-state index contributed by atoms with van der Waals surface area (Å²) in [6.07, 6.45) is 1.71. The second-order valence-corrected chi connectivity index (χ2v) is 2.54. The van der Waals surface area contributed by atoms with Crippen molar-refractivity contribution in [2.45, 2.75) is 6.92 Å². The van der Waals surface area contributed by atoms with Crippen LogP contribution < -0.4 is 0 Å². The monoisotopic (exact) mass is 153 g/mol. The van der Waals surface area contributed by atoms with E-state index in [0.717, 1.165) is 11.1 Å². The summed E-state index contributed by atoms with van der Waals surface area (Å²) in [5, 5.41) is 0.519. The molecule has 2 heteroatoms. The third-order valence-corrected chi connectivity index (χ3v) is 1.44. The van der Waals surface area contributed by atoms with Crippen molar-refractivity contribution in [2.75, 3.05) is 0 Å². The molecule has 0 N–H and O–H groups in total. The molecule has 10 heavy (non-hydrogen) atoms. The number of aromatic nitrogens is 1. The molecule has 0 amide bonds. The summed E-state index contributed by atoms with van der Waals surface area (Å²) in [6, 6.07) is 3.66. The Morgan fingerprint density at radius 3 is 2.70 bits per heavy atom. The molecule has 0 spiro atoms. The molecule has 1 aromatic heterocycles. The van der Waals surface area contributed by atoms with E-state index in [0.29, 0.717) is 5.15 Å². The molecule has 0 aromatic carbocycles. The van der Waals surface area contributed by atoms with Gasteiger partial charge in [0, 0.05) is 6.20 Å². The highest BCUT2D eigenvalue weighted by molar-refractivity contribution is 6.29. The van der Waals surface area contributed by atoms with Gasteiger partial charge in [0.1, 0.15) is 5.15 Å². The van der Waals surface area contributed by atoms with Gasteiger partial charge in [0.2, 0.25) is 0 Å². The predicted molar refractivity (Wildman–Crippen MR) is 44.0 cm³/mol. The van der Waals surface area contributed by atoms with Crippen molar-refractivity contribution in [1.82, 2.24) is 4.98 Å². The molecule has 1 heterocycles. The number of nitrogens with zero attached hydrogens (tertiary/aromatic N) is 1. The SMILES string of the molecule is C=C(C)c1ccc(Cl)nc1. The van der Waals surface area contributed by atoms with Crippen LogP contribution in [-0.2, 0) is 0 Å². The van der Waals surface area contributed by atoms with E-state index < -0.39 is 0 Å². The van der Waals surface area contributed by atoms with Gasteiger partial charge >= 0.3 is 0 Å². The number of hydrogen-bond acceptors (Lipinski definition) is 1. The molecule has 0 bridgehead atoms. The summed E-state index contributed by atoms with van der Waals surface area (Å²) in [7, 11) is 0. The summed E-state index contributed by atoms with van der Waals surface area (Å²) in [4.78, 5) is 3.90. The van der Waals surface area contributed by atoms with Gasteiger partial charge in [0.25, 0.3) is 0 Å². The number of pyridine rings is 1. The Labute approximate surface area is 65.4 Å². The van der Waals surface area contributed by atoms with Crippen molar-refractivity contribution in [3.05, 3.63) is 35.6 Å². The zero-order valence-corrected chi connectivity index (χ0v) is 6.52. The first kappa shape index (κ1) is 7.29. The lowest BCUT2D eigenvalue weighted by molar-refractivity contribution is 1.31. The number of rotatable bonds is 1. The lowest BCUT2D eigenvalue weighted by atomic mass is 10.2. The van der Waals surface area contributed by atoms with Gasteiger partial charge in [-0.2, -0.15) is 0 Å². The molecule has 0 fully saturated rings. The molecular weight excluding hydrogens is 146 g/mol. The van der Waals surface area contributed by atoms with Gasteiger partial charge in [-0.1, -0.05) is 24.2 Å². The van der Waals surface area contributed by atoms with Gasteiger partial charge in [-0.15, -0.1) is 0 Å². The van der Waals surface area contributed by atoms with Crippen molar-refractivity contribution in [3.8, 4) is 0 Å². The van der Waals surface area contributed by atoms with E-state index in [9.17, 15) is 0 Å². The Morgan fingerprint density at radius 1 is 1.60 bits per heavy atom. The largest absolute Gasteiger partial charge is 0.244 e. The molecule has 0 aliphatic heterocycles. The van der Waals surface area contributed by atoms with E-state index in [1.807, 2.05) is 13.0 Å². The lowest BCUT2D eigenvalue weighted by Crippen LogP contribution is -1.79. The molecule has 0 saturated heterocycles. The normalized spacial score (nSPS) is 9.40. The fraction of sp³-hybridized carbons (Fsp3) is 0.125. The Kier molecular flexibility index (Phi) is 2.07. The molecule has 0 aliphatic carbocycles. The smallest absolute Gasteiger partial charge is 0.129 e. The maximum Gasteiger partial charge on any atom is 0.129 e. The zero-order chi connectivity index (χ0) is 7.56. The highest BCUT2D eigenvalue weighted by Gasteiger charge is 1.91. The average Bonchev–Trinajstić information content (AvgIpc) is 1.88. The number of halogens is 1. The van der Waals surface area contributed by atoms with Gasteiger partial charge in [0.05, 0.1) is 0 Å². The first-order chi connectivity index (χ1) is 4.70. The molecule has 52 valence electrons. The van der Waals surface area contributed by atoms with Gasteiger partial charge in [-0.25, -0.2) is 4.98 Å². The summed E-state index contributed by atoms with van der Waals surface area (Å²) < 4.78 is 0. The summed E-state index contributed by atoms with van der Waals surface area (Å²) in [5.41, 5.74) is 2.04. The van der Waals surface area contributed by atoms with Crippen LogP contribution in [0.4, 0.5) is 0 Å². The summed E-state index contributed by atoms with van der Waals surface area (Å²) >= 11 is 5.58. The third-order valence-electron chi connectivity index (χ3n) is 1.22. The molecule has 0 aliphatic rings. The van der Waals surface area contributed by atoms with E-state index in [1.54, 1.807) is 12.3 Å². The molecule has 1 aromatic rings. The van der Waals surface area contributed by atoms with Crippen LogP contribution in [0.5, 0.6) is 0 Å². The Balaban J connectivity index is 3.00. The molecule has 1 rings (SSSR count). The highest BCUT2D eigenvalue weighted by atomic mass is 35.5. The highest BCUT2D eigenvalue weighted by Crippen LogP contribution is 2.11. The quantitative estimate of drug-likeness (QED) is 0.566. The molecule has 1 nitrogen and oxygen atoms in total. The first-order valence-corrected chi connectivity index (χ1v) is 3.35. The standard InChI is InChI=1S/C8H8ClN/c1-6(2)7-3-4-8(9)10-5-7/h3-5H,1H2,2H3. The molecule has 0 unspecified atom stereocenters. The molecular formula is C8H8ClN. The Morgan fingerprint density at radius 2 is 2.30 bits per heavy atom. The maximum absolute atomic E-state index is 5.58. The van der Waals surface area contributed by atoms with Crippen LogP contribution in [0.25, 0.3) is 5.57 Å². The topological polar surface area (TPSA) is 12.9 Å². The van der Waals surface area contributed by atoms with E-state index in [-0.39, 0.29) is 0 Å². The van der Waals surface area contributed by atoms with Crippen LogP contribution in [0.15, 0.2) is 24.9 Å². The Bertz CT molecular complexity index is 238. The van der Waals surface area contributed by atoms with Crippen LogP contribution in [0.1, 0.15) is 12.5 Å². The van der Waals surface area contributed by atoms with Gasteiger partial charge in [0.15, 0.2) is 0 Å². The predicted octanol–water partition coefficient (Wildman–Crippen LogP) is 2.77. The van der Waals surface area contributed by atoms with Crippen LogP contribution in [-0.4, -0.2) is 4.98 Å². The maximum atomic E-state index is 5.58. The van der Waals surface area contributed by atoms with Crippen molar-refractivity contribution in [1.29, 1.82) is 0 Å². The minimum absolute atomic E-state index is 0.519. The zero-order valence-electron chi connectivity index (χ0n) is 5.76. The second kappa shape index (κ2) is 2.84. The fourth-order valence-electron chi connectivity index (χ4n) is 0.628. The van der Waals surface area contributed by atoms with Crippen LogP contribution in [0, 0.1) is 0 Å². The van der Waals surface area contributed by atoms with Gasteiger partial charge < -0.3 is 0 Å². The van der Waals surface area contributed by atoms with E-state index >= 15 is 0 Å². The molecule has 0 saturated carbocycles. The molecule has 0 radical (unpaired) electrons. The van der Waals surface area contributed by atoms with Crippen molar-refractivity contribution >= 4 is 17.2 Å². The molecule has 0 atom stereocenters. The lowest BCUT2D eigenvalue weighted by Gasteiger charge is -1.96. The minimum atomic E-state index is 0.519. The van der Waals surface area contributed by atoms with Crippen LogP contribution in [0.2, 0.25) is 5.15 Å². The van der Waals surface area contributed by atoms with Crippen LogP contribution >= 0.6 is 11.6 Å². The first-order valence-electron chi connectivity index (χ1n) is 2.97. The van der Waals surface area contributed by atoms with Crippen molar-refractivity contribution in [3.63, 3.8) is 0 Å². The number of hydrogen-bond donors (Lipinski definition) is 0. The van der Waals surface area contributed by atoms with Crippen molar-refractivity contribution < 1.29 is 0 Å². The fourth-order valence-corrected chi connectivity index (χ4v) is 0.740. The second-order valence-electron chi connectivity index (χ2n) is 2.15. The average molecular weight is 154 g/mol. The summed E-state index contributed by atoms with van der Waals surface area (Å²) in [6.45, 7) is 5.71. The Hall–Kier alpha value is -0.820. The van der Waals surface area contributed by atoms with Gasteiger partial charge in [-0.05, 0) is 24.1 Å². The van der Waals surface area contributed by atoms with Gasteiger partial charge in [-0.3, -0.25) is 0 Å². The third kappa shape index (κ3) is 1.58. The summed E-state index contributed by atoms with van der Waals surface area (Å²) in [5.74, 6) is 0. The van der Waals surface area contributed by atoms with E-state index in [4.69, 9.17) is 11.6 Å².